The van der Waals surface area contributed by atoms with Crippen LogP contribution in [0.25, 0.3) is 0 Å². The van der Waals surface area contributed by atoms with Crippen LogP contribution in [0.3, 0.4) is 0 Å². The van der Waals surface area contributed by atoms with Gasteiger partial charge in [0.05, 0.1) is 7.11 Å². The monoisotopic (exact) mass is 581 g/mol. The maximum atomic E-state index is 14.5. The number of methoxy groups -OCH3 is 1. The third-order valence-corrected chi connectivity index (χ3v) is 6.94. The molecule has 3 amide bonds. The van der Waals surface area contributed by atoms with Crippen molar-refractivity contribution in [2.24, 2.45) is 0 Å². The molecule has 2 aromatic carbocycles. The van der Waals surface area contributed by atoms with Crippen molar-refractivity contribution in [1.29, 1.82) is 0 Å². The Morgan fingerprint density at radius 1 is 0.929 bits per heavy atom. The Morgan fingerprint density at radius 3 is 2.24 bits per heavy atom. The number of carbonyl (C=O) groups is 4. The van der Waals surface area contributed by atoms with E-state index in [9.17, 15) is 19.2 Å². The fourth-order valence-corrected chi connectivity index (χ4v) is 4.62. The second kappa shape index (κ2) is 16.5. The minimum absolute atomic E-state index is 0.202. The molecule has 2 N–H and O–H groups in total. The van der Waals surface area contributed by atoms with E-state index in [2.05, 4.69) is 17.6 Å². The van der Waals surface area contributed by atoms with Crippen LogP contribution in [0.2, 0.25) is 0 Å². The largest absolute Gasteiger partial charge is 0.468 e. The predicted octanol–water partition coefficient (Wildman–Crippen LogP) is 5.18. The normalized spacial score (nSPS) is 12.5. The van der Waals surface area contributed by atoms with Crippen LogP contribution in [0, 0.1) is 13.8 Å². The summed E-state index contributed by atoms with van der Waals surface area (Å²) in [6, 6.07) is 12.9. The summed E-state index contributed by atoms with van der Waals surface area (Å²) in [6.45, 7) is 11.2. The fourth-order valence-electron chi connectivity index (χ4n) is 4.62. The molecule has 0 aliphatic rings. The van der Waals surface area contributed by atoms with Gasteiger partial charge in [-0.1, -0.05) is 74.7 Å². The number of unbranched alkanes of at least 4 members (excludes halogenated alkanes) is 3. The lowest BCUT2D eigenvalue weighted by atomic mass is 9.94. The number of nitrogens with zero attached hydrogens (tertiary/aromatic N) is 1. The van der Waals surface area contributed by atoms with E-state index >= 15 is 0 Å². The Hall–Kier alpha value is -3.88. The Balaban J connectivity index is 2.60. The topological polar surface area (TPSA) is 114 Å². The van der Waals surface area contributed by atoms with Gasteiger partial charge in [0.1, 0.15) is 24.2 Å². The molecule has 0 heterocycles. The number of nitrogens with one attached hydrogen (secondary N) is 2. The van der Waals surface area contributed by atoms with Crippen LogP contribution in [0.4, 0.5) is 4.79 Å². The molecule has 42 heavy (non-hydrogen) atoms. The number of alkyl carbamates (subject to hydrolysis) is 1. The lowest BCUT2D eigenvalue weighted by Crippen LogP contribution is -2.54. The van der Waals surface area contributed by atoms with Crippen LogP contribution < -0.4 is 10.6 Å². The number of ether oxygens (including phenoxy) is 2. The number of benzene rings is 2. The molecular weight excluding hydrogens is 534 g/mol. The van der Waals surface area contributed by atoms with Gasteiger partial charge in [-0.05, 0) is 63.3 Å². The maximum Gasteiger partial charge on any atom is 0.408 e. The molecule has 0 saturated carbocycles. The highest BCUT2D eigenvalue weighted by Gasteiger charge is 2.37. The van der Waals surface area contributed by atoms with Gasteiger partial charge in [-0.25, -0.2) is 4.79 Å². The number of hydrogen-bond acceptors (Lipinski definition) is 6. The summed E-state index contributed by atoms with van der Waals surface area (Å²) in [4.78, 5) is 54.7. The van der Waals surface area contributed by atoms with Gasteiger partial charge in [-0.2, -0.15) is 0 Å². The van der Waals surface area contributed by atoms with E-state index in [0.717, 1.165) is 36.0 Å². The van der Waals surface area contributed by atoms with Gasteiger partial charge < -0.3 is 25.0 Å². The molecule has 0 radical (unpaired) electrons. The van der Waals surface area contributed by atoms with Gasteiger partial charge >= 0.3 is 12.1 Å². The van der Waals surface area contributed by atoms with Crippen molar-refractivity contribution in [3.8, 4) is 0 Å². The number of esters is 1. The van der Waals surface area contributed by atoms with E-state index in [-0.39, 0.29) is 19.5 Å². The Bertz CT molecular complexity index is 1190. The summed E-state index contributed by atoms with van der Waals surface area (Å²) in [5, 5.41) is 5.43. The highest BCUT2D eigenvalue weighted by Crippen LogP contribution is 2.28. The molecule has 0 bridgehead atoms. The molecule has 0 fully saturated rings. The van der Waals surface area contributed by atoms with Crippen molar-refractivity contribution in [2.75, 3.05) is 20.2 Å². The zero-order chi connectivity index (χ0) is 31.3. The minimum atomic E-state index is -1.04. The van der Waals surface area contributed by atoms with Crippen molar-refractivity contribution in [1.82, 2.24) is 15.5 Å². The van der Waals surface area contributed by atoms with Gasteiger partial charge in [-0.15, -0.1) is 0 Å². The van der Waals surface area contributed by atoms with Crippen LogP contribution in [-0.2, 0) is 30.3 Å². The van der Waals surface area contributed by atoms with Crippen molar-refractivity contribution < 1.29 is 28.7 Å². The van der Waals surface area contributed by atoms with E-state index in [4.69, 9.17) is 9.47 Å². The number of amides is 3. The summed E-state index contributed by atoms with van der Waals surface area (Å²) < 4.78 is 10.2. The van der Waals surface area contributed by atoms with E-state index in [1.807, 2.05) is 62.4 Å². The van der Waals surface area contributed by atoms with Gasteiger partial charge in [-0.3, -0.25) is 14.4 Å². The summed E-state index contributed by atoms with van der Waals surface area (Å²) in [5.74, 6) is -1.52. The van der Waals surface area contributed by atoms with Gasteiger partial charge in [0.2, 0.25) is 11.8 Å². The molecular formula is C33H47N3O6. The summed E-state index contributed by atoms with van der Waals surface area (Å²) in [7, 11) is 1.25. The highest BCUT2D eigenvalue weighted by molar-refractivity contribution is 5.93. The van der Waals surface area contributed by atoms with Gasteiger partial charge in [0.25, 0.3) is 0 Å². The number of aryl methyl sites for hydroxylation is 1. The molecule has 2 aromatic rings. The van der Waals surface area contributed by atoms with Gasteiger partial charge in [0.15, 0.2) is 0 Å². The fraction of sp³-hybridized carbons (Fsp3) is 0.515. The molecule has 9 heteroatoms. The lowest BCUT2D eigenvalue weighted by molar-refractivity contribution is -0.144. The van der Waals surface area contributed by atoms with Gasteiger partial charge in [0, 0.05) is 13.0 Å². The molecule has 9 nitrogen and oxygen atoms in total. The molecule has 0 aromatic heterocycles. The van der Waals surface area contributed by atoms with E-state index < -0.39 is 41.6 Å². The first-order valence-corrected chi connectivity index (χ1v) is 14.6. The quantitative estimate of drug-likeness (QED) is 0.235. The van der Waals surface area contributed by atoms with Crippen molar-refractivity contribution in [3.63, 3.8) is 0 Å². The van der Waals surface area contributed by atoms with Crippen molar-refractivity contribution in [2.45, 2.75) is 91.3 Å². The van der Waals surface area contributed by atoms with Crippen LogP contribution in [0.1, 0.15) is 81.7 Å². The molecule has 0 aliphatic carbocycles. The summed E-state index contributed by atoms with van der Waals surface area (Å²) >= 11 is 0. The molecule has 2 unspecified atom stereocenters. The highest BCUT2D eigenvalue weighted by atomic mass is 16.6. The summed E-state index contributed by atoms with van der Waals surface area (Å²) in [5.41, 5.74) is 2.55. The zero-order valence-electron chi connectivity index (χ0n) is 26.1. The lowest BCUT2D eigenvalue weighted by Gasteiger charge is -2.35. The second-order valence-electron chi connectivity index (χ2n) is 11.5. The smallest absolute Gasteiger partial charge is 0.408 e. The molecule has 0 spiro atoms. The second-order valence-corrected chi connectivity index (χ2v) is 11.5. The third kappa shape index (κ3) is 10.8. The standard InChI is InChI=1S/C33H47N3O6/c1-8-9-10-14-20-36(29(30(38)34-22-28(37)41-7)26-19-15-16-23(2)24(26)3)31(39)27(21-25-17-12-11-13-18-25)35-32(40)42-33(4,5)6/h11-13,15-19,27,29H,8-10,14,20-22H2,1-7H3,(H,34,38)(H,35,40). The van der Waals surface area contributed by atoms with Crippen LogP contribution in [0.5, 0.6) is 0 Å². The van der Waals surface area contributed by atoms with Crippen molar-refractivity contribution in [3.05, 3.63) is 70.8 Å². The summed E-state index contributed by atoms with van der Waals surface area (Å²) in [6.07, 6.45) is 3.00. The SMILES string of the molecule is CCCCCCN(C(=O)C(Cc1ccccc1)NC(=O)OC(C)(C)C)C(C(=O)NCC(=O)OC)c1cccc(C)c1C. The molecule has 2 rings (SSSR count). The first-order chi connectivity index (χ1) is 19.9. The molecule has 2 atom stereocenters. The molecule has 230 valence electrons. The van der Waals surface area contributed by atoms with E-state index in [1.165, 1.54) is 12.0 Å². The maximum absolute atomic E-state index is 14.5. The van der Waals surface area contributed by atoms with Crippen LogP contribution in [0.15, 0.2) is 48.5 Å². The number of hydrogen-bond donors (Lipinski definition) is 2. The Labute approximate surface area is 250 Å². The predicted molar refractivity (Wildman–Crippen MR) is 163 cm³/mol. The zero-order valence-corrected chi connectivity index (χ0v) is 26.1. The third-order valence-electron chi connectivity index (χ3n) is 6.94. The number of rotatable bonds is 14. The average Bonchev–Trinajstić information content (AvgIpc) is 2.94. The van der Waals surface area contributed by atoms with Crippen LogP contribution >= 0.6 is 0 Å². The van der Waals surface area contributed by atoms with Crippen molar-refractivity contribution >= 4 is 23.9 Å². The number of carbonyl (C=O) groups excluding carboxylic acids is 4. The average molecular weight is 582 g/mol. The molecule has 0 aliphatic heterocycles. The Morgan fingerprint density at radius 2 is 1.62 bits per heavy atom. The van der Waals surface area contributed by atoms with E-state index in [1.54, 1.807) is 20.8 Å². The molecule has 0 saturated heterocycles. The first kappa shape index (κ1) is 34.3. The van der Waals surface area contributed by atoms with E-state index in [0.29, 0.717) is 12.0 Å². The first-order valence-electron chi connectivity index (χ1n) is 14.6. The van der Waals surface area contributed by atoms with Crippen LogP contribution in [-0.4, -0.2) is 60.6 Å². The Kier molecular flexibility index (Phi) is 13.5. The minimum Gasteiger partial charge on any atom is -0.468 e.